The van der Waals surface area contributed by atoms with Gasteiger partial charge >= 0.3 is 0 Å². The summed E-state index contributed by atoms with van der Waals surface area (Å²) < 4.78 is 88.8. The third kappa shape index (κ3) is 7.78. The van der Waals surface area contributed by atoms with E-state index in [0.29, 0.717) is 6.61 Å². The van der Waals surface area contributed by atoms with Crippen LogP contribution in [-0.4, -0.2) is 81.8 Å². The van der Waals surface area contributed by atoms with Gasteiger partial charge in [-0.05, 0) is 31.2 Å². The Morgan fingerprint density at radius 2 is 1.25 bits per heavy atom. The second-order valence-electron chi connectivity index (χ2n) is 7.57. The Morgan fingerprint density at radius 1 is 0.778 bits per heavy atom. The molecule has 4 atom stereocenters. The highest BCUT2D eigenvalue weighted by Crippen LogP contribution is 2.24. The first-order valence-corrected chi connectivity index (χ1v) is 13.9. The van der Waals surface area contributed by atoms with E-state index >= 15 is 0 Å². The van der Waals surface area contributed by atoms with Gasteiger partial charge in [-0.1, -0.05) is 36.4 Å². The number of hydrogen-bond donors (Lipinski definition) is 0. The average molecular weight is 547 g/mol. The second-order valence-corrected chi connectivity index (χ2v) is 10.8. The molecule has 0 bridgehead atoms. The summed E-state index contributed by atoms with van der Waals surface area (Å²) in [6, 6.07) is 15.3. The monoisotopic (exact) mass is 546 g/mol. The quantitative estimate of drug-likeness (QED) is 0.207. The fourth-order valence-electron chi connectivity index (χ4n) is 3.43. The summed E-state index contributed by atoms with van der Waals surface area (Å²) in [5, 5.41) is 0. The van der Waals surface area contributed by atoms with Crippen LogP contribution >= 0.6 is 0 Å². The minimum absolute atomic E-state index is 0.00891. The predicted molar refractivity (Wildman–Crippen MR) is 126 cm³/mol. The molecule has 0 saturated carbocycles. The summed E-state index contributed by atoms with van der Waals surface area (Å²) in [6.45, 7) is 0.876. The summed E-state index contributed by atoms with van der Waals surface area (Å²) in [4.78, 5) is -0.0206. The van der Waals surface area contributed by atoms with Crippen molar-refractivity contribution in [3.8, 4) is 0 Å². The Bertz CT molecular complexity index is 1130. The average Bonchev–Trinajstić information content (AvgIpc) is 3.06. The fraction of sp³-hybridized carbons (Fsp3) is 0.478. The minimum Gasteiger partial charge on any atom is -0.376 e. The van der Waals surface area contributed by atoms with Gasteiger partial charge in [0.15, 0.2) is 0 Å². The van der Waals surface area contributed by atoms with Crippen LogP contribution in [0.5, 0.6) is 0 Å². The first kappa shape index (κ1) is 28.6. The van der Waals surface area contributed by atoms with Gasteiger partial charge in [0.2, 0.25) is 0 Å². The molecule has 2 aromatic rings. The third-order valence-corrected chi connectivity index (χ3v) is 7.87. The zero-order valence-electron chi connectivity index (χ0n) is 19.9. The molecule has 1 saturated heterocycles. The molecular formula is C23H30O11S2. The molecule has 2 aromatic carbocycles. The van der Waals surface area contributed by atoms with Gasteiger partial charge in [0.25, 0.3) is 20.2 Å². The van der Waals surface area contributed by atoms with Crippen LogP contribution in [0.15, 0.2) is 70.5 Å². The molecule has 1 fully saturated rings. The lowest BCUT2D eigenvalue weighted by Gasteiger charge is -2.32. The normalized spacial score (nSPS) is 23.3. The van der Waals surface area contributed by atoms with Crippen molar-refractivity contribution in [1.82, 2.24) is 0 Å². The summed E-state index contributed by atoms with van der Waals surface area (Å²) in [6.07, 6.45) is -3.74. The van der Waals surface area contributed by atoms with E-state index in [1.54, 1.807) is 43.3 Å². The molecule has 1 aliphatic rings. The largest absolute Gasteiger partial charge is 0.376 e. The van der Waals surface area contributed by atoms with Crippen LogP contribution in [0.25, 0.3) is 0 Å². The van der Waals surface area contributed by atoms with Gasteiger partial charge in [-0.3, -0.25) is 8.37 Å². The first-order valence-electron chi connectivity index (χ1n) is 11.1. The van der Waals surface area contributed by atoms with E-state index in [2.05, 4.69) is 0 Å². The molecule has 0 amide bonds. The molecule has 13 heteroatoms. The van der Waals surface area contributed by atoms with Crippen molar-refractivity contribution in [2.75, 3.05) is 40.5 Å². The fourth-order valence-corrected chi connectivity index (χ4v) is 5.31. The van der Waals surface area contributed by atoms with E-state index in [9.17, 15) is 16.8 Å². The lowest BCUT2D eigenvalue weighted by molar-refractivity contribution is -0.174. The molecule has 0 aromatic heterocycles. The maximum atomic E-state index is 12.6. The van der Waals surface area contributed by atoms with Crippen molar-refractivity contribution in [2.45, 2.75) is 41.1 Å². The minimum atomic E-state index is -4.07. The van der Waals surface area contributed by atoms with E-state index in [-0.39, 0.29) is 23.4 Å². The van der Waals surface area contributed by atoms with Gasteiger partial charge < -0.3 is 23.7 Å². The molecule has 1 heterocycles. The number of rotatable bonds is 13. The highest BCUT2D eigenvalue weighted by Gasteiger charge is 2.42. The Hall–Kier alpha value is -1.94. The zero-order valence-corrected chi connectivity index (χ0v) is 21.6. The lowest BCUT2D eigenvalue weighted by atomic mass is 10.0. The number of methoxy groups -OCH3 is 1. The topological polar surface area (TPSA) is 133 Å². The predicted octanol–water partition coefficient (Wildman–Crippen LogP) is 1.93. The van der Waals surface area contributed by atoms with E-state index in [1.807, 2.05) is 0 Å². The van der Waals surface area contributed by atoms with Crippen LogP contribution in [0.2, 0.25) is 0 Å². The Labute approximate surface area is 211 Å². The Kier molecular flexibility index (Phi) is 10.8. The maximum Gasteiger partial charge on any atom is 0.297 e. The van der Waals surface area contributed by atoms with Gasteiger partial charge in [0.1, 0.15) is 38.0 Å². The smallest absolute Gasteiger partial charge is 0.297 e. The van der Waals surface area contributed by atoms with E-state index in [1.165, 1.54) is 31.4 Å². The van der Waals surface area contributed by atoms with Crippen LogP contribution in [0.4, 0.5) is 0 Å². The van der Waals surface area contributed by atoms with Gasteiger partial charge in [-0.2, -0.15) is 16.8 Å². The van der Waals surface area contributed by atoms with Crippen molar-refractivity contribution in [3.63, 3.8) is 0 Å². The van der Waals surface area contributed by atoms with E-state index in [0.717, 1.165) is 0 Å². The van der Waals surface area contributed by atoms with Crippen molar-refractivity contribution in [1.29, 1.82) is 0 Å². The number of benzene rings is 2. The van der Waals surface area contributed by atoms with Crippen molar-refractivity contribution in [3.05, 3.63) is 60.7 Å². The van der Waals surface area contributed by atoms with Gasteiger partial charge in [0, 0.05) is 13.7 Å². The number of ether oxygens (including phenoxy) is 5. The van der Waals surface area contributed by atoms with Crippen LogP contribution < -0.4 is 0 Å². The van der Waals surface area contributed by atoms with Gasteiger partial charge in [-0.25, -0.2) is 0 Å². The molecule has 0 N–H and O–H groups in total. The van der Waals surface area contributed by atoms with Crippen molar-refractivity contribution in [2.24, 2.45) is 0 Å². The third-order valence-electron chi connectivity index (χ3n) is 5.28. The summed E-state index contributed by atoms with van der Waals surface area (Å²) >= 11 is 0. The van der Waals surface area contributed by atoms with Crippen LogP contribution in [-0.2, 0) is 52.3 Å². The van der Waals surface area contributed by atoms with Crippen LogP contribution in [0.3, 0.4) is 0 Å². The molecular weight excluding hydrogens is 516 g/mol. The summed E-state index contributed by atoms with van der Waals surface area (Å²) in [7, 11) is -6.75. The highest BCUT2D eigenvalue weighted by atomic mass is 32.2. The van der Waals surface area contributed by atoms with Crippen LogP contribution in [0.1, 0.15) is 6.92 Å². The molecule has 11 nitrogen and oxygen atoms in total. The van der Waals surface area contributed by atoms with Crippen molar-refractivity contribution < 1.29 is 48.9 Å². The maximum absolute atomic E-state index is 12.6. The SMILES string of the molecule is CCOCOC1C(OC)[C@H](COS(=O)(=O)c2ccccc2)OCO[C@H]1COS(=O)(=O)c1ccccc1. The molecule has 0 aliphatic carbocycles. The Morgan fingerprint density at radius 3 is 1.69 bits per heavy atom. The van der Waals surface area contributed by atoms with E-state index < -0.39 is 57.9 Å². The van der Waals surface area contributed by atoms with Crippen LogP contribution in [0, 0.1) is 0 Å². The lowest BCUT2D eigenvalue weighted by Crippen LogP contribution is -2.49. The number of hydrogen-bond acceptors (Lipinski definition) is 11. The van der Waals surface area contributed by atoms with E-state index in [4.69, 9.17) is 32.1 Å². The molecule has 1 aliphatic heterocycles. The summed E-state index contributed by atoms with van der Waals surface area (Å²) in [5.74, 6) is 0. The van der Waals surface area contributed by atoms with Gasteiger partial charge in [0.05, 0.1) is 23.0 Å². The standard InChI is InChI=1S/C23H30O11S2/c1-3-29-16-32-23-21(15-34-36(26,27)19-12-8-5-9-13-19)31-17-30-20(22(23)28-2)14-33-35(24,25)18-10-6-4-7-11-18/h4-13,20-23H,3,14-17H2,1-2H3/t20-,21-,22?,23?/m0/s1. The molecule has 0 spiro atoms. The molecule has 0 radical (unpaired) electrons. The molecule has 200 valence electrons. The molecule has 36 heavy (non-hydrogen) atoms. The highest BCUT2D eigenvalue weighted by molar-refractivity contribution is 7.87. The summed E-state index contributed by atoms with van der Waals surface area (Å²) in [5.41, 5.74) is 0. The van der Waals surface area contributed by atoms with Gasteiger partial charge in [-0.15, -0.1) is 0 Å². The van der Waals surface area contributed by atoms with Crippen molar-refractivity contribution >= 4 is 20.2 Å². The second kappa shape index (κ2) is 13.6. The zero-order chi connectivity index (χ0) is 26.0. The molecule has 2 unspecified atom stereocenters. The Balaban J connectivity index is 1.74. The first-order chi connectivity index (χ1) is 17.3. The molecule has 3 rings (SSSR count).